The Morgan fingerprint density at radius 3 is 2.29 bits per heavy atom. The fourth-order valence-electron chi connectivity index (χ4n) is 2.97. The van der Waals surface area contributed by atoms with E-state index >= 15 is 0 Å². The minimum absolute atomic E-state index is 0.134. The van der Waals surface area contributed by atoms with Crippen LogP contribution in [-0.2, 0) is 14.8 Å². The van der Waals surface area contributed by atoms with Crippen LogP contribution >= 0.6 is 0 Å². The van der Waals surface area contributed by atoms with E-state index in [-0.39, 0.29) is 23.9 Å². The van der Waals surface area contributed by atoms with E-state index in [1.807, 2.05) is 43.3 Å². The molecule has 1 fully saturated rings. The Morgan fingerprint density at radius 1 is 0.958 bits per heavy atom. The van der Waals surface area contributed by atoms with Gasteiger partial charge in [0.1, 0.15) is 0 Å². The highest BCUT2D eigenvalue weighted by molar-refractivity contribution is 7.89. The van der Waals surface area contributed by atoms with Crippen LogP contribution in [0.5, 0.6) is 0 Å². The van der Waals surface area contributed by atoms with Crippen LogP contribution in [0.4, 0.5) is 5.69 Å². The number of sulfonamides is 1. The molecule has 0 atom stereocenters. The van der Waals surface area contributed by atoms with Crippen LogP contribution in [0.15, 0.2) is 53.4 Å². The van der Waals surface area contributed by atoms with Crippen molar-refractivity contribution < 1.29 is 13.2 Å². The van der Waals surface area contributed by atoms with Gasteiger partial charge < -0.3 is 4.90 Å². The number of hydrogen-bond donors (Lipinski definition) is 0. The molecule has 1 amide bonds. The molecule has 3 rings (SSSR count). The number of carbonyl (C=O) groups is 1. The van der Waals surface area contributed by atoms with Gasteiger partial charge in [0, 0.05) is 18.8 Å². The summed E-state index contributed by atoms with van der Waals surface area (Å²) >= 11 is 0. The molecule has 1 heterocycles. The first-order valence-corrected chi connectivity index (χ1v) is 9.26. The zero-order chi connectivity index (χ0) is 17.3. The predicted octanol–water partition coefficient (Wildman–Crippen LogP) is 2.34. The number of benzene rings is 2. The average Bonchev–Trinajstić information content (AvgIpc) is 2.55. The molecule has 0 bridgehead atoms. The van der Waals surface area contributed by atoms with Crippen molar-refractivity contribution in [1.29, 1.82) is 0 Å². The summed E-state index contributed by atoms with van der Waals surface area (Å²) in [5.41, 5.74) is 2.51. The van der Waals surface area contributed by atoms with E-state index in [1.54, 1.807) is 24.0 Å². The lowest BCUT2D eigenvalue weighted by Gasteiger charge is -2.33. The summed E-state index contributed by atoms with van der Waals surface area (Å²) in [5, 5.41) is 0. The summed E-state index contributed by atoms with van der Waals surface area (Å²) in [6, 6.07) is 14.6. The fraction of sp³-hybridized carbons (Fsp3) is 0.278. The van der Waals surface area contributed by atoms with Gasteiger partial charge in [-0.05, 0) is 37.6 Å². The first-order chi connectivity index (χ1) is 11.4. The van der Waals surface area contributed by atoms with Crippen molar-refractivity contribution in [2.24, 2.45) is 0 Å². The van der Waals surface area contributed by atoms with Crippen molar-refractivity contribution in [3.8, 4) is 0 Å². The van der Waals surface area contributed by atoms with Gasteiger partial charge >= 0.3 is 0 Å². The van der Waals surface area contributed by atoms with Crippen LogP contribution in [0, 0.1) is 13.8 Å². The summed E-state index contributed by atoms with van der Waals surface area (Å²) in [4.78, 5) is 14.3. The van der Waals surface area contributed by atoms with Crippen LogP contribution in [0.1, 0.15) is 11.1 Å². The molecule has 0 radical (unpaired) electrons. The van der Waals surface area contributed by atoms with Crippen LogP contribution in [0.25, 0.3) is 0 Å². The van der Waals surface area contributed by atoms with Crippen molar-refractivity contribution >= 4 is 21.6 Å². The third-order valence-electron chi connectivity index (χ3n) is 4.20. The normalized spacial score (nSPS) is 16.4. The molecular formula is C18H20N2O3S. The van der Waals surface area contributed by atoms with E-state index in [0.29, 0.717) is 12.1 Å². The Hall–Kier alpha value is -2.18. The lowest BCUT2D eigenvalue weighted by Crippen LogP contribution is -2.52. The van der Waals surface area contributed by atoms with E-state index in [1.165, 1.54) is 4.31 Å². The predicted molar refractivity (Wildman–Crippen MR) is 93.5 cm³/mol. The Morgan fingerprint density at radius 2 is 1.67 bits per heavy atom. The van der Waals surface area contributed by atoms with Crippen LogP contribution in [-0.4, -0.2) is 38.3 Å². The van der Waals surface area contributed by atoms with Gasteiger partial charge in [-0.25, -0.2) is 8.42 Å². The van der Waals surface area contributed by atoms with E-state index in [2.05, 4.69) is 0 Å². The van der Waals surface area contributed by atoms with Crippen LogP contribution in [0.2, 0.25) is 0 Å². The maximum absolute atomic E-state index is 12.9. The first kappa shape index (κ1) is 16.7. The minimum Gasteiger partial charge on any atom is -0.310 e. The molecule has 5 nitrogen and oxygen atoms in total. The molecule has 24 heavy (non-hydrogen) atoms. The molecule has 6 heteroatoms. The van der Waals surface area contributed by atoms with E-state index in [4.69, 9.17) is 0 Å². The monoisotopic (exact) mass is 344 g/mol. The Kier molecular flexibility index (Phi) is 4.43. The van der Waals surface area contributed by atoms with Gasteiger partial charge in [-0.1, -0.05) is 35.9 Å². The maximum atomic E-state index is 12.9. The second kappa shape index (κ2) is 6.37. The zero-order valence-electron chi connectivity index (χ0n) is 13.8. The third-order valence-corrected chi connectivity index (χ3v) is 6.21. The third kappa shape index (κ3) is 3.07. The van der Waals surface area contributed by atoms with E-state index < -0.39 is 10.0 Å². The molecule has 1 aliphatic rings. The molecule has 1 saturated heterocycles. The highest BCUT2D eigenvalue weighted by atomic mass is 32.2. The fourth-order valence-corrected chi connectivity index (χ4v) is 4.55. The minimum atomic E-state index is -3.66. The highest BCUT2D eigenvalue weighted by Crippen LogP contribution is 2.24. The van der Waals surface area contributed by atoms with Gasteiger partial charge in [-0.3, -0.25) is 4.79 Å². The number of amides is 1. The summed E-state index contributed by atoms with van der Waals surface area (Å²) in [5.74, 6) is -0.208. The number of nitrogens with zero attached hydrogens (tertiary/aromatic N) is 2. The van der Waals surface area contributed by atoms with Gasteiger partial charge in [0.2, 0.25) is 15.9 Å². The lowest BCUT2D eigenvalue weighted by molar-refractivity contribution is -0.119. The van der Waals surface area contributed by atoms with E-state index in [0.717, 1.165) is 11.3 Å². The SMILES string of the molecule is Cc1ccc(S(=O)(=O)N2CCN(c3ccccc3)C(=O)C2)c(C)c1. The van der Waals surface area contributed by atoms with Crippen molar-refractivity contribution in [3.63, 3.8) is 0 Å². The van der Waals surface area contributed by atoms with Gasteiger partial charge in [-0.15, -0.1) is 0 Å². The number of carbonyl (C=O) groups excluding carboxylic acids is 1. The van der Waals surface area contributed by atoms with Gasteiger partial charge in [0.15, 0.2) is 0 Å². The smallest absolute Gasteiger partial charge is 0.243 e. The molecule has 0 saturated carbocycles. The number of aryl methyl sites for hydroxylation is 2. The van der Waals surface area contributed by atoms with Crippen molar-refractivity contribution in [3.05, 3.63) is 59.7 Å². The summed E-state index contributed by atoms with van der Waals surface area (Å²) in [6.45, 7) is 4.21. The molecule has 2 aromatic rings. The number of piperazine rings is 1. The second-order valence-corrected chi connectivity index (χ2v) is 7.89. The number of rotatable bonds is 3. The lowest BCUT2D eigenvalue weighted by atomic mass is 10.2. The molecule has 0 aromatic heterocycles. The Labute approximate surface area is 142 Å². The average molecular weight is 344 g/mol. The quantitative estimate of drug-likeness (QED) is 0.859. The van der Waals surface area contributed by atoms with Crippen molar-refractivity contribution in [2.75, 3.05) is 24.5 Å². The molecule has 2 aromatic carbocycles. The van der Waals surface area contributed by atoms with Gasteiger partial charge in [0.25, 0.3) is 0 Å². The zero-order valence-corrected chi connectivity index (χ0v) is 14.6. The molecule has 0 unspecified atom stereocenters. The number of hydrogen-bond acceptors (Lipinski definition) is 3. The molecule has 0 N–H and O–H groups in total. The van der Waals surface area contributed by atoms with Gasteiger partial charge in [0.05, 0.1) is 11.4 Å². The molecule has 126 valence electrons. The summed E-state index contributed by atoms with van der Waals surface area (Å²) in [7, 11) is -3.66. The standard InChI is InChI=1S/C18H20N2O3S/c1-14-8-9-17(15(2)12-14)24(22,23)19-10-11-20(18(21)13-19)16-6-4-3-5-7-16/h3-9,12H,10-11,13H2,1-2H3. The largest absolute Gasteiger partial charge is 0.310 e. The first-order valence-electron chi connectivity index (χ1n) is 7.82. The Bertz CT molecular complexity index is 863. The molecule has 1 aliphatic heterocycles. The van der Waals surface area contributed by atoms with E-state index in [9.17, 15) is 13.2 Å². The summed E-state index contributed by atoms with van der Waals surface area (Å²) < 4.78 is 27.0. The van der Waals surface area contributed by atoms with Crippen molar-refractivity contribution in [2.45, 2.75) is 18.7 Å². The Balaban J connectivity index is 1.84. The number of anilines is 1. The van der Waals surface area contributed by atoms with Gasteiger partial charge in [-0.2, -0.15) is 4.31 Å². The van der Waals surface area contributed by atoms with Crippen LogP contribution in [0.3, 0.4) is 0 Å². The molecular weight excluding hydrogens is 324 g/mol. The maximum Gasteiger partial charge on any atom is 0.243 e. The van der Waals surface area contributed by atoms with Crippen molar-refractivity contribution in [1.82, 2.24) is 4.31 Å². The number of para-hydroxylation sites is 1. The highest BCUT2D eigenvalue weighted by Gasteiger charge is 2.34. The molecule has 0 spiro atoms. The van der Waals surface area contributed by atoms with Crippen LogP contribution < -0.4 is 4.90 Å². The molecule has 0 aliphatic carbocycles. The topological polar surface area (TPSA) is 57.7 Å². The second-order valence-electron chi connectivity index (χ2n) is 5.99. The summed E-state index contributed by atoms with van der Waals surface area (Å²) in [6.07, 6.45) is 0.